The highest BCUT2D eigenvalue weighted by Gasteiger charge is 2.42. The highest BCUT2D eigenvalue weighted by Crippen LogP contribution is 2.36. The largest absolute Gasteiger partial charge is 0.375 e. The Kier molecular flexibility index (Phi) is 3.91. The lowest BCUT2D eigenvalue weighted by molar-refractivity contribution is -0.0793. The van der Waals surface area contributed by atoms with Gasteiger partial charge in [-0.05, 0) is 31.0 Å². The first-order chi connectivity index (χ1) is 10.9. The van der Waals surface area contributed by atoms with Gasteiger partial charge in [0.25, 0.3) is 0 Å². The molecule has 2 aromatic rings. The molecule has 5 nitrogen and oxygen atoms in total. The molecule has 1 aliphatic carbocycles. The maximum absolute atomic E-state index is 6.13. The van der Waals surface area contributed by atoms with E-state index in [2.05, 4.69) is 27.1 Å². The Hall–Kier alpha value is -1.72. The molecule has 3 heterocycles. The molecule has 2 aromatic heterocycles. The molecule has 2 fully saturated rings. The molecule has 2 aliphatic rings. The van der Waals surface area contributed by atoms with Crippen molar-refractivity contribution < 1.29 is 4.74 Å². The zero-order chi connectivity index (χ0) is 14.8. The molecule has 5 heteroatoms. The number of hydrogen-bond acceptors (Lipinski definition) is 4. The maximum Gasteiger partial charge on any atom is 0.0776 e. The fourth-order valence-corrected chi connectivity index (χ4v) is 3.88. The van der Waals surface area contributed by atoms with Gasteiger partial charge in [0.1, 0.15) is 0 Å². The van der Waals surface area contributed by atoms with Gasteiger partial charge >= 0.3 is 0 Å². The van der Waals surface area contributed by atoms with Crippen LogP contribution in [0.25, 0.3) is 0 Å². The van der Waals surface area contributed by atoms with E-state index in [1.165, 1.54) is 12.8 Å². The fraction of sp³-hybridized carbons (Fsp3) is 0.529. The zero-order valence-corrected chi connectivity index (χ0v) is 12.7. The maximum atomic E-state index is 6.13. The van der Waals surface area contributed by atoms with Gasteiger partial charge in [0, 0.05) is 50.2 Å². The third-order valence-electron chi connectivity index (χ3n) is 4.91. The molecule has 1 saturated carbocycles. The lowest BCUT2D eigenvalue weighted by Crippen LogP contribution is -2.50. The van der Waals surface area contributed by atoms with Crippen LogP contribution in [0.5, 0.6) is 0 Å². The molecule has 0 aromatic carbocycles. The van der Waals surface area contributed by atoms with Crippen LogP contribution >= 0.6 is 0 Å². The van der Waals surface area contributed by atoms with E-state index in [0.717, 1.165) is 31.9 Å². The van der Waals surface area contributed by atoms with Gasteiger partial charge in [-0.1, -0.05) is 6.07 Å². The van der Waals surface area contributed by atoms with Gasteiger partial charge in [0.2, 0.25) is 0 Å². The number of fused-ring (bicyclic) bond motifs is 1. The van der Waals surface area contributed by atoms with Crippen LogP contribution < -0.4 is 0 Å². The third kappa shape index (κ3) is 2.78. The number of hydrogen-bond donors (Lipinski definition) is 0. The molecule has 4 rings (SSSR count). The second kappa shape index (κ2) is 6.18. The van der Waals surface area contributed by atoms with Crippen molar-refractivity contribution in [2.75, 3.05) is 13.2 Å². The number of nitrogens with zero attached hydrogens (tertiary/aromatic N) is 4. The molecule has 3 atom stereocenters. The van der Waals surface area contributed by atoms with E-state index in [1.807, 2.05) is 35.4 Å². The Morgan fingerprint density at radius 3 is 3.00 bits per heavy atom. The van der Waals surface area contributed by atoms with Crippen LogP contribution in [0, 0.1) is 5.92 Å². The molecular weight excluding hydrogens is 276 g/mol. The first-order valence-corrected chi connectivity index (χ1v) is 8.13. The minimum Gasteiger partial charge on any atom is -0.375 e. The van der Waals surface area contributed by atoms with Crippen molar-refractivity contribution in [1.29, 1.82) is 0 Å². The minimum atomic E-state index is 0.335. The van der Waals surface area contributed by atoms with Crippen molar-refractivity contribution in [3.63, 3.8) is 0 Å². The Labute approximate surface area is 130 Å². The van der Waals surface area contributed by atoms with E-state index in [-0.39, 0.29) is 0 Å². The van der Waals surface area contributed by atoms with Gasteiger partial charge in [-0.3, -0.25) is 14.6 Å². The third-order valence-corrected chi connectivity index (χ3v) is 4.91. The summed E-state index contributed by atoms with van der Waals surface area (Å²) < 4.78 is 8.16. The van der Waals surface area contributed by atoms with Crippen molar-refractivity contribution >= 4 is 0 Å². The van der Waals surface area contributed by atoms with E-state index < -0.39 is 0 Å². The van der Waals surface area contributed by atoms with Gasteiger partial charge in [-0.2, -0.15) is 5.10 Å². The smallest absolute Gasteiger partial charge is 0.0776 e. The van der Waals surface area contributed by atoms with Crippen LogP contribution in [-0.4, -0.2) is 45.0 Å². The Morgan fingerprint density at radius 1 is 1.18 bits per heavy atom. The van der Waals surface area contributed by atoms with Crippen LogP contribution in [-0.2, 0) is 17.8 Å². The standard InChI is InChI=1S/C17H22N4O/c1-2-7-18-15(4-1)13-20-10-11-22-17-14(5-6-16(17)20)12-21-9-3-8-19-21/h1-4,7-9,14,16-17H,5-6,10-13H2/t14?,16-,17-/m0/s1. The van der Waals surface area contributed by atoms with Crippen LogP contribution in [0.15, 0.2) is 42.9 Å². The lowest BCUT2D eigenvalue weighted by atomic mass is 10.0. The fourth-order valence-electron chi connectivity index (χ4n) is 3.88. The molecule has 0 bridgehead atoms. The van der Waals surface area contributed by atoms with E-state index in [0.29, 0.717) is 18.1 Å². The number of pyridine rings is 1. The van der Waals surface area contributed by atoms with E-state index >= 15 is 0 Å². The summed E-state index contributed by atoms with van der Waals surface area (Å²) in [7, 11) is 0. The average Bonchev–Trinajstić information content (AvgIpc) is 3.20. The molecular formula is C17H22N4O. The number of rotatable bonds is 4. The van der Waals surface area contributed by atoms with Gasteiger partial charge in [0.05, 0.1) is 18.4 Å². The van der Waals surface area contributed by atoms with E-state index in [1.54, 1.807) is 0 Å². The topological polar surface area (TPSA) is 43.2 Å². The van der Waals surface area contributed by atoms with Gasteiger partial charge < -0.3 is 4.74 Å². The molecule has 1 saturated heterocycles. The summed E-state index contributed by atoms with van der Waals surface area (Å²) in [6, 6.07) is 8.66. The second-order valence-corrected chi connectivity index (χ2v) is 6.26. The van der Waals surface area contributed by atoms with Crippen molar-refractivity contribution in [2.45, 2.75) is 38.1 Å². The van der Waals surface area contributed by atoms with Gasteiger partial charge in [-0.15, -0.1) is 0 Å². The first-order valence-electron chi connectivity index (χ1n) is 8.13. The summed E-state index contributed by atoms with van der Waals surface area (Å²) in [6.07, 6.45) is 8.53. The highest BCUT2D eigenvalue weighted by molar-refractivity contribution is 5.05. The monoisotopic (exact) mass is 298 g/mol. The van der Waals surface area contributed by atoms with Gasteiger partial charge in [0.15, 0.2) is 0 Å². The molecule has 1 unspecified atom stereocenters. The van der Waals surface area contributed by atoms with Crippen LogP contribution in [0.4, 0.5) is 0 Å². The zero-order valence-electron chi connectivity index (χ0n) is 12.7. The van der Waals surface area contributed by atoms with Crippen molar-refractivity contribution in [2.24, 2.45) is 5.92 Å². The highest BCUT2D eigenvalue weighted by atomic mass is 16.5. The number of ether oxygens (including phenoxy) is 1. The SMILES string of the molecule is c1ccc(CN2CCO[C@H]3C(Cn4cccn4)CC[C@@H]32)nc1. The molecule has 0 spiro atoms. The summed E-state index contributed by atoms with van der Waals surface area (Å²) in [4.78, 5) is 7.03. The average molecular weight is 298 g/mol. The van der Waals surface area contributed by atoms with Crippen molar-refractivity contribution in [1.82, 2.24) is 19.7 Å². The lowest BCUT2D eigenvalue weighted by Gasteiger charge is -2.39. The Balaban J connectivity index is 1.44. The molecule has 0 radical (unpaired) electrons. The summed E-state index contributed by atoms with van der Waals surface area (Å²) in [5.74, 6) is 0.566. The minimum absolute atomic E-state index is 0.335. The molecule has 0 N–H and O–H groups in total. The molecule has 1 aliphatic heterocycles. The number of morpholine rings is 1. The quantitative estimate of drug-likeness (QED) is 0.865. The predicted octanol–water partition coefficient (Wildman–Crippen LogP) is 1.96. The Bertz CT molecular complexity index is 586. The van der Waals surface area contributed by atoms with Crippen molar-refractivity contribution in [3.05, 3.63) is 48.5 Å². The van der Waals surface area contributed by atoms with Crippen LogP contribution in [0.3, 0.4) is 0 Å². The second-order valence-electron chi connectivity index (χ2n) is 6.26. The summed E-state index contributed by atoms with van der Waals surface area (Å²) in [6.45, 7) is 3.72. The molecule has 0 amide bonds. The summed E-state index contributed by atoms with van der Waals surface area (Å²) in [5.41, 5.74) is 1.15. The summed E-state index contributed by atoms with van der Waals surface area (Å²) in [5, 5.41) is 4.34. The van der Waals surface area contributed by atoms with Gasteiger partial charge in [-0.25, -0.2) is 0 Å². The van der Waals surface area contributed by atoms with E-state index in [4.69, 9.17) is 4.74 Å². The number of aromatic nitrogens is 3. The summed E-state index contributed by atoms with van der Waals surface area (Å²) >= 11 is 0. The van der Waals surface area contributed by atoms with Crippen LogP contribution in [0.1, 0.15) is 18.5 Å². The Morgan fingerprint density at radius 2 is 2.18 bits per heavy atom. The first kappa shape index (κ1) is 13.9. The molecule has 22 heavy (non-hydrogen) atoms. The normalized spacial score (nSPS) is 28.6. The van der Waals surface area contributed by atoms with E-state index in [9.17, 15) is 0 Å². The van der Waals surface area contributed by atoms with Crippen LogP contribution in [0.2, 0.25) is 0 Å². The van der Waals surface area contributed by atoms with Crippen molar-refractivity contribution in [3.8, 4) is 0 Å². The predicted molar refractivity (Wildman–Crippen MR) is 83.1 cm³/mol. The molecule has 116 valence electrons.